The second kappa shape index (κ2) is 8.53. The smallest absolute Gasteiger partial charge is 0.240 e. The number of sulfonamides is 1. The van der Waals surface area contributed by atoms with Crippen LogP contribution in [0.2, 0.25) is 0 Å². The number of nitrogens with zero attached hydrogens (tertiary/aromatic N) is 1. The third-order valence-corrected chi connectivity index (χ3v) is 5.58. The minimum absolute atomic E-state index is 0.00859. The van der Waals surface area contributed by atoms with Crippen molar-refractivity contribution in [1.29, 1.82) is 0 Å². The number of ether oxygens (including phenoxy) is 1. The average molecular weight is 361 g/mol. The van der Waals surface area contributed by atoms with Crippen LogP contribution >= 0.6 is 0 Å². The van der Waals surface area contributed by atoms with Crippen LogP contribution in [0.3, 0.4) is 0 Å². The lowest BCUT2D eigenvalue weighted by Gasteiger charge is -2.12. The van der Waals surface area contributed by atoms with Crippen LogP contribution in [0.5, 0.6) is 0 Å². The molecule has 1 fully saturated rings. The molecule has 0 spiro atoms. The maximum atomic E-state index is 12.3. The topological polar surface area (TPSA) is 80.3 Å². The van der Waals surface area contributed by atoms with Gasteiger partial charge in [-0.3, -0.25) is 4.98 Å². The van der Waals surface area contributed by atoms with Crippen LogP contribution in [-0.4, -0.2) is 32.7 Å². The predicted octanol–water partition coefficient (Wildman–Crippen LogP) is 1.83. The molecule has 3 rings (SSSR count). The van der Waals surface area contributed by atoms with Crippen LogP contribution in [0.1, 0.15) is 24.0 Å². The zero-order chi connectivity index (χ0) is 17.5. The van der Waals surface area contributed by atoms with Gasteiger partial charge in [-0.1, -0.05) is 18.2 Å². The molecule has 1 saturated heterocycles. The molecule has 1 atom stereocenters. The van der Waals surface area contributed by atoms with Crippen molar-refractivity contribution in [2.45, 2.75) is 36.9 Å². The first-order chi connectivity index (χ1) is 12.1. The largest absolute Gasteiger partial charge is 0.377 e. The molecule has 0 bridgehead atoms. The van der Waals surface area contributed by atoms with Crippen LogP contribution in [0, 0.1) is 0 Å². The summed E-state index contributed by atoms with van der Waals surface area (Å²) < 4.78 is 32.7. The van der Waals surface area contributed by atoms with E-state index in [1.807, 2.05) is 30.5 Å². The van der Waals surface area contributed by atoms with E-state index in [0.717, 1.165) is 30.5 Å². The molecule has 2 N–H and O–H groups in total. The summed E-state index contributed by atoms with van der Waals surface area (Å²) in [7, 11) is -3.49. The number of nitrogens with one attached hydrogen (secondary N) is 2. The first-order valence-corrected chi connectivity index (χ1v) is 9.92. The van der Waals surface area contributed by atoms with E-state index in [4.69, 9.17) is 4.74 Å². The van der Waals surface area contributed by atoms with Gasteiger partial charge >= 0.3 is 0 Å². The third kappa shape index (κ3) is 5.34. The van der Waals surface area contributed by atoms with E-state index in [-0.39, 0.29) is 11.0 Å². The van der Waals surface area contributed by atoms with Gasteiger partial charge in [-0.25, -0.2) is 13.1 Å². The molecule has 1 aromatic carbocycles. The van der Waals surface area contributed by atoms with Crippen molar-refractivity contribution < 1.29 is 13.2 Å². The van der Waals surface area contributed by atoms with Crippen molar-refractivity contribution in [3.63, 3.8) is 0 Å². The Morgan fingerprint density at radius 1 is 1.12 bits per heavy atom. The fourth-order valence-electron chi connectivity index (χ4n) is 2.73. The first kappa shape index (κ1) is 18.0. The van der Waals surface area contributed by atoms with E-state index in [9.17, 15) is 8.42 Å². The van der Waals surface area contributed by atoms with Crippen molar-refractivity contribution in [2.24, 2.45) is 0 Å². The summed E-state index contributed by atoms with van der Waals surface area (Å²) in [4.78, 5) is 4.35. The van der Waals surface area contributed by atoms with E-state index in [0.29, 0.717) is 19.7 Å². The second-order valence-electron chi connectivity index (χ2n) is 6.10. The van der Waals surface area contributed by atoms with Crippen molar-refractivity contribution in [3.05, 3.63) is 59.9 Å². The molecule has 0 saturated carbocycles. The van der Waals surface area contributed by atoms with Gasteiger partial charge in [0.2, 0.25) is 10.0 Å². The molecule has 0 amide bonds. The Hall–Kier alpha value is -1.80. The van der Waals surface area contributed by atoms with E-state index in [1.165, 1.54) is 0 Å². The highest BCUT2D eigenvalue weighted by Gasteiger charge is 2.20. The minimum atomic E-state index is -3.49. The Labute approximate surface area is 148 Å². The fraction of sp³-hybridized carbons (Fsp3) is 0.389. The number of pyridine rings is 1. The third-order valence-electron chi connectivity index (χ3n) is 4.14. The number of aromatic nitrogens is 1. The highest BCUT2D eigenvalue weighted by molar-refractivity contribution is 7.89. The Bertz CT molecular complexity index is 758. The van der Waals surface area contributed by atoms with Gasteiger partial charge in [0.15, 0.2) is 0 Å². The molecule has 0 aliphatic carbocycles. The van der Waals surface area contributed by atoms with Gasteiger partial charge in [-0.2, -0.15) is 0 Å². The zero-order valence-corrected chi connectivity index (χ0v) is 14.8. The van der Waals surface area contributed by atoms with Gasteiger partial charge in [0.25, 0.3) is 0 Å². The molecule has 1 aliphatic heterocycles. The maximum absolute atomic E-state index is 12.3. The first-order valence-electron chi connectivity index (χ1n) is 8.43. The lowest BCUT2D eigenvalue weighted by Crippen LogP contribution is -2.31. The molecule has 7 heteroatoms. The summed E-state index contributed by atoms with van der Waals surface area (Å²) in [5, 5.41) is 3.32. The summed E-state index contributed by atoms with van der Waals surface area (Å²) >= 11 is 0. The minimum Gasteiger partial charge on any atom is -0.377 e. The van der Waals surface area contributed by atoms with Crippen LogP contribution in [0.25, 0.3) is 0 Å². The molecule has 0 radical (unpaired) electrons. The molecule has 1 aliphatic rings. The molecule has 1 aromatic heterocycles. The highest BCUT2D eigenvalue weighted by atomic mass is 32.2. The summed E-state index contributed by atoms with van der Waals surface area (Å²) in [6.07, 6.45) is 5.46. The fourth-order valence-corrected chi connectivity index (χ4v) is 3.80. The van der Waals surface area contributed by atoms with Crippen molar-refractivity contribution in [2.75, 3.05) is 13.2 Å². The monoisotopic (exact) mass is 361 g/mol. The molecular formula is C18H23N3O3S. The van der Waals surface area contributed by atoms with Crippen molar-refractivity contribution in [1.82, 2.24) is 15.0 Å². The predicted molar refractivity (Wildman–Crippen MR) is 95.4 cm³/mol. The maximum Gasteiger partial charge on any atom is 0.240 e. The molecule has 134 valence electrons. The quantitative estimate of drug-likeness (QED) is 0.750. The van der Waals surface area contributed by atoms with Crippen LogP contribution < -0.4 is 10.0 Å². The van der Waals surface area contributed by atoms with E-state index < -0.39 is 10.0 Å². The average Bonchev–Trinajstić information content (AvgIpc) is 3.15. The van der Waals surface area contributed by atoms with E-state index in [2.05, 4.69) is 15.0 Å². The van der Waals surface area contributed by atoms with Gasteiger partial charge in [-0.15, -0.1) is 0 Å². The number of hydrogen-bond donors (Lipinski definition) is 2. The van der Waals surface area contributed by atoms with Gasteiger partial charge < -0.3 is 10.1 Å². The summed E-state index contributed by atoms with van der Waals surface area (Å²) in [6, 6.07) is 10.8. The van der Waals surface area contributed by atoms with E-state index >= 15 is 0 Å². The molecule has 1 unspecified atom stereocenters. The van der Waals surface area contributed by atoms with Gasteiger partial charge in [0.05, 0.1) is 11.0 Å². The van der Waals surface area contributed by atoms with Crippen molar-refractivity contribution in [3.8, 4) is 0 Å². The number of hydrogen-bond acceptors (Lipinski definition) is 5. The number of rotatable bonds is 8. The summed E-state index contributed by atoms with van der Waals surface area (Å²) in [5.74, 6) is 0. The van der Waals surface area contributed by atoms with Gasteiger partial charge in [0, 0.05) is 38.6 Å². The Kier molecular flexibility index (Phi) is 6.14. The normalized spacial score (nSPS) is 17.7. The standard InChI is InChI=1S/C18H23N3O3S/c22-25(23,21-14-17-4-2-10-24-17)18-7-5-15(6-8-18)11-20-13-16-3-1-9-19-12-16/h1,3,5-9,12,17,20-21H,2,4,10-11,13-14H2. The number of benzene rings is 1. The van der Waals surface area contributed by atoms with Gasteiger partial charge in [-0.05, 0) is 42.2 Å². The summed E-state index contributed by atoms with van der Waals surface area (Å²) in [6.45, 7) is 2.43. The molecule has 25 heavy (non-hydrogen) atoms. The zero-order valence-electron chi connectivity index (χ0n) is 14.0. The molecule has 6 nitrogen and oxygen atoms in total. The summed E-state index contributed by atoms with van der Waals surface area (Å²) in [5.41, 5.74) is 2.14. The molecule has 2 aromatic rings. The molecular weight excluding hydrogens is 338 g/mol. The second-order valence-corrected chi connectivity index (χ2v) is 7.86. The van der Waals surface area contributed by atoms with Crippen LogP contribution in [0.4, 0.5) is 0 Å². The Balaban J connectivity index is 1.50. The SMILES string of the molecule is O=S(=O)(NCC1CCCO1)c1ccc(CNCc2cccnc2)cc1. The highest BCUT2D eigenvalue weighted by Crippen LogP contribution is 2.14. The van der Waals surface area contributed by atoms with Crippen molar-refractivity contribution >= 4 is 10.0 Å². The molecule has 2 heterocycles. The van der Waals surface area contributed by atoms with Crippen LogP contribution in [0.15, 0.2) is 53.7 Å². The van der Waals surface area contributed by atoms with Gasteiger partial charge in [0.1, 0.15) is 0 Å². The lowest BCUT2D eigenvalue weighted by atomic mass is 10.2. The Morgan fingerprint density at radius 2 is 1.92 bits per heavy atom. The van der Waals surface area contributed by atoms with Crippen LogP contribution in [-0.2, 0) is 27.8 Å². The Morgan fingerprint density at radius 3 is 2.60 bits per heavy atom. The lowest BCUT2D eigenvalue weighted by molar-refractivity contribution is 0.114. The van der Waals surface area contributed by atoms with E-state index in [1.54, 1.807) is 18.3 Å².